The van der Waals surface area contributed by atoms with Crippen LogP contribution in [0.1, 0.15) is 48.4 Å². The summed E-state index contributed by atoms with van der Waals surface area (Å²) in [5.74, 6) is 1.82. The highest BCUT2D eigenvalue weighted by atomic mass is 16.5. The molecule has 0 aliphatic carbocycles. The number of hydrogen-bond donors (Lipinski definition) is 1. The van der Waals surface area contributed by atoms with Crippen LogP contribution in [0.4, 0.5) is 0 Å². The monoisotopic (exact) mass is 398 g/mol. The average molecular weight is 399 g/mol. The molecule has 3 aromatic rings. The van der Waals surface area contributed by atoms with Crippen LogP contribution in [0.15, 0.2) is 78.9 Å². The Bertz CT molecular complexity index is 1070. The number of rotatable bonds is 4. The van der Waals surface area contributed by atoms with Crippen LogP contribution in [0.25, 0.3) is 5.70 Å². The lowest BCUT2D eigenvalue weighted by Crippen LogP contribution is -2.43. The van der Waals surface area contributed by atoms with Crippen LogP contribution in [0.2, 0.25) is 0 Å². The molecular formula is C26H26N2O2. The predicted octanol–water partition coefficient (Wildman–Crippen LogP) is 5.78. The van der Waals surface area contributed by atoms with Crippen molar-refractivity contribution in [3.05, 3.63) is 101 Å². The van der Waals surface area contributed by atoms with Crippen molar-refractivity contribution in [1.82, 2.24) is 10.4 Å². The lowest BCUT2D eigenvalue weighted by Gasteiger charge is -2.39. The summed E-state index contributed by atoms with van der Waals surface area (Å²) in [4.78, 5) is 0. The van der Waals surface area contributed by atoms with Crippen LogP contribution in [0.3, 0.4) is 0 Å². The van der Waals surface area contributed by atoms with Crippen LogP contribution >= 0.6 is 0 Å². The third kappa shape index (κ3) is 3.44. The Morgan fingerprint density at radius 2 is 1.67 bits per heavy atom. The zero-order valence-electron chi connectivity index (χ0n) is 17.5. The second kappa shape index (κ2) is 7.54. The van der Waals surface area contributed by atoms with Gasteiger partial charge in [-0.3, -0.25) is 0 Å². The minimum Gasteiger partial charge on any atom is -0.491 e. The molecule has 0 saturated carbocycles. The summed E-state index contributed by atoms with van der Waals surface area (Å²) in [6.07, 6.45) is 2.24. The topological polar surface area (TPSA) is 33.7 Å². The number of hydrazine groups is 1. The number of hydrogen-bond acceptors (Lipinski definition) is 4. The summed E-state index contributed by atoms with van der Waals surface area (Å²) in [5.41, 5.74) is 9.34. The highest BCUT2D eigenvalue weighted by Crippen LogP contribution is 2.45. The van der Waals surface area contributed by atoms with E-state index in [1.807, 2.05) is 32.0 Å². The normalized spacial score (nSPS) is 20.1. The van der Waals surface area contributed by atoms with E-state index < -0.39 is 0 Å². The van der Waals surface area contributed by atoms with Crippen LogP contribution in [-0.2, 0) is 0 Å². The summed E-state index contributed by atoms with van der Waals surface area (Å²) >= 11 is 0. The van der Waals surface area contributed by atoms with E-state index in [0.29, 0.717) is 0 Å². The fourth-order valence-corrected chi connectivity index (χ4v) is 4.04. The van der Waals surface area contributed by atoms with Gasteiger partial charge in [0.15, 0.2) is 6.23 Å². The number of benzene rings is 3. The van der Waals surface area contributed by atoms with Crippen molar-refractivity contribution in [3.8, 4) is 11.5 Å². The Kier molecular flexibility index (Phi) is 4.72. The van der Waals surface area contributed by atoms with Crippen molar-refractivity contribution >= 4 is 5.70 Å². The molecule has 0 spiro atoms. The first kappa shape index (κ1) is 18.8. The second-order valence-electron chi connectivity index (χ2n) is 8.15. The van der Waals surface area contributed by atoms with Crippen molar-refractivity contribution < 1.29 is 9.47 Å². The number of nitrogens with zero attached hydrogens (tertiary/aromatic N) is 1. The molecule has 0 unspecified atom stereocenters. The van der Waals surface area contributed by atoms with Gasteiger partial charge >= 0.3 is 0 Å². The molecule has 30 heavy (non-hydrogen) atoms. The van der Waals surface area contributed by atoms with E-state index in [1.165, 1.54) is 11.1 Å². The molecule has 4 nitrogen and oxygen atoms in total. The first-order valence-electron chi connectivity index (χ1n) is 10.4. The number of ether oxygens (including phenoxy) is 2. The molecule has 0 saturated heterocycles. The summed E-state index contributed by atoms with van der Waals surface area (Å²) in [6, 6.07) is 25.2. The molecule has 2 aliphatic heterocycles. The van der Waals surface area contributed by atoms with Gasteiger partial charge in [0, 0.05) is 11.1 Å². The first-order chi connectivity index (χ1) is 14.6. The van der Waals surface area contributed by atoms with Crippen LogP contribution in [0.5, 0.6) is 11.5 Å². The fraction of sp³-hybridized carbons (Fsp3) is 0.231. The van der Waals surface area contributed by atoms with Crippen LogP contribution < -0.4 is 14.9 Å². The van der Waals surface area contributed by atoms with Gasteiger partial charge in [-0.1, -0.05) is 48.0 Å². The van der Waals surface area contributed by atoms with Gasteiger partial charge in [-0.05, 0) is 62.7 Å². The Morgan fingerprint density at radius 3 is 2.40 bits per heavy atom. The van der Waals surface area contributed by atoms with Crippen molar-refractivity contribution in [2.45, 2.75) is 39.1 Å². The van der Waals surface area contributed by atoms with E-state index in [4.69, 9.17) is 9.47 Å². The predicted molar refractivity (Wildman–Crippen MR) is 119 cm³/mol. The molecule has 3 aromatic carbocycles. The Hall–Kier alpha value is -3.24. The molecule has 152 valence electrons. The lowest BCUT2D eigenvalue weighted by atomic mass is 10.0. The minimum atomic E-state index is -0.206. The van der Waals surface area contributed by atoms with Crippen molar-refractivity contribution in [2.75, 3.05) is 0 Å². The van der Waals surface area contributed by atoms with Crippen LogP contribution in [-0.4, -0.2) is 11.1 Å². The summed E-state index contributed by atoms with van der Waals surface area (Å²) < 4.78 is 12.2. The third-order valence-electron chi connectivity index (χ3n) is 5.50. The van der Waals surface area contributed by atoms with Gasteiger partial charge < -0.3 is 14.9 Å². The fourth-order valence-electron chi connectivity index (χ4n) is 4.04. The number of nitrogens with one attached hydrogen (secondary N) is 1. The van der Waals surface area contributed by atoms with E-state index in [9.17, 15) is 0 Å². The van der Waals surface area contributed by atoms with Crippen molar-refractivity contribution in [3.63, 3.8) is 0 Å². The first-order valence-corrected chi connectivity index (χ1v) is 10.4. The lowest BCUT2D eigenvalue weighted by molar-refractivity contribution is -0.0326. The number of para-hydroxylation sites is 1. The Balaban J connectivity index is 1.49. The van der Waals surface area contributed by atoms with Crippen molar-refractivity contribution in [1.29, 1.82) is 0 Å². The van der Waals surface area contributed by atoms with Gasteiger partial charge in [0.05, 0.1) is 17.8 Å². The maximum Gasteiger partial charge on any atom is 0.195 e. The summed E-state index contributed by atoms with van der Waals surface area (Å²) in [5, 5.41) is 2.20. The van der Waals surface area contributed by atoms with Gasteiger partial charge in [-0.15, -0.1) is 0 Å². The smallest absolute Gasteiger partial charge is 0.195 e. The Labute approximate surface area is 177 Å². The maximum absolute atomic E-state index is 6.43. The number of aryl methyl sites for hydroxylation is 1. The zero-order chi connectivity index (χ0) is 20.7. The van der Waals surface area contributed by atoms with E-state index in [-0.39, 0.29) is 18.4 Å². The van der Waals surface area contributed by atoms with E-state index in [0.717, 1.165) is 28.3 Å². The molecule has 0 fully saturated rings. The second-order valence-corrected chi connectivity index (χ2v) is 8.15. The zero-order valence-corrected chi connectivity index (χ0v) is 17.5. The van der Waals surface area contributed by atoms with Gasteiger partial charge in [-0.2, -0.15) is 5.01 Å². The molecule has 4 heteroatoms. The molecule has 1 N–H and O–H groups in total. The molecule has 2 atom stereocenters. The van der Waals surface area contributed by atoms with Crippen molar-refractivity contribution in [2.24, 2.45) is 0 Å². The highest BCUT2D eigenvalue weighted by Gasteiger charge is 2.39. The molecule has 0 amide bonds. The molecular weight excluding hydrogens is 372 g/mol. The van der Waals surface area contributed by atoms with Gasteiger partial charge in [0.2, 0.25) is 0 Å². The largest absolute Gasteiger partial charge is 0.491 e. The van der Waals surface area contributed by atoms with E-state index >= 15 is 0 Å². The van der Waals surface area contributed by atoms with Gasteiger partial charge in [0.1, 0.15) is 11.5 Å². The van der Waals surface area contributed by atoms with E-state index in [1.54, 1.807) is 0 Å². The molecule has 0 bridgehead atoms. The quantitative estimate of drug-likeness (QED) is 0.604. The average Bonchev–Trinajstić information content (AvgIpc) is 3.20. The van der Waals surface area contributed by atoms with Crippen LogP contribution in [0, 0.1) is 6.92 Å². The standard InChI is InChI=1S/C26H26N2O2/c1-17(2)29-21-14-12-19(13-15-21)23-16-24-22-6-4-5-7-25(22)30-26(28(24)27-23)20-10-8-18(3)9-11-20/h4-17,24,26-27H,1-3H3/t24-,26+/m0/s1. The minimum absolute atomic E-state index is 0.0999. The maximum atomic E-state index is 6.43. The SMILES string of the molecule is Cc1ccc([C@H]2Oc3ccccc3[C@@H]3C=C(c4ccc(OC(C)C)cc4)NN23)cc1. The Morgan fingerprint density at radius 1 is 0.933 bits per heavy atom. The van der Waals surface area contributed by atoms with Gasteiger partial charge in [-0.25, -0.2) is 0 Å². The summed E-state index contributed by atoms with van der Waals surface area (Å²) in [7, 11) is 0. The molecule has 0 radical (unpaired) electrons. The number of fused-ring (bicyclic) bond motifs is 3. The molecule has 5 rings (SSSR count). The summed E-state index contributed by atoms with van der Waals surface area (Å²) in [6.45, 7) is 6.18. The van der Waals surface area contributed by atoms with Gasteiger partial charge in [0.25, 0.3) is 0 Å². The highest BCUT2D eigenvalue weighted by molar-refractivity contribution is 5.68. The van der Waals surface area contributed by atoms with E-state index in [2.05, 4.69) is 78.0 Å². The molecule has 0 aromatic heterocycles. The molecule has 2 heterocycles. The molecule has 2 aliphatic rings. The third-order valence-corrected chi connectivity index (χ3v) is 5.50.